The number of fused-ring (bicyclic) bond motifs is 1. The van der Waals surface area contributed by atoms with Crippen molar-refractivity contribution < 1.29 is 13.2 Å². The SMILES string of the molecule is O=C(c1ccc(CS(=O)(=O)N2CCCC2)cc1)N1CCCc2ccccc21. The molecule has 1 amide bonds. The molecule has 0 spiro atoms. The van der Waals surface area contributed by atoms with E-state index in [4.69, 9.17) is 0 Å². The van der Waals surface area contributed by atoms with Gasteiger partial charge in [-0.3, -0.25) is 4.79 Å². The number of hydrogen-bond donors (Lipinski definition) is 0. The minimum absolute atomic E-state index is 0.00593. The number of anilines is 1. The lowest BCUT2D eigenvalue weighted by Gasteiger charge is -2.29. The summed E-state index contributed by atoms with van der Waals surface area (Å²) >= 11 is 0. The largest absolute Gasteiger partial charge is 0.308 e. The van der Waals surface area contributed by atoms with Gasteiger partial charge in [-0.15, -0.1) is 0 Å². The molecule has 1 saturated heterocycles. The molecule has 0 atom stereocenters. The van der Waals surface area contributed by atoms with Crippen molar-refractivity contribution in [2.45, 2.75) is 31.4 Å². The van der Waals surface area contributed by atoms with Crippen LogP contribution in [0.2, 0.25) is 0 Å². The Kier molecular flexibility index (Phi) is 5.02. The minimum atomic E-state index is -3.27. The molecule has 0 aliphatic carbocycles. The van der Waals surface area contributed by atoms with Crippen LogP contribution in [0, 0.1) is 0 Å². The Bertz CT molecular complexity index is 932. The third kappa shape index (κ3) is 3.77. The highest BCUT2D eigenvalue weighted by Crippen LogP contribution is 2.28. The van der Waals surface area contributed by atoms with Gasteiger partial charge in [-0.2, -0.15) is 0 Å². The smallest absolute Gasteiger partial charge is 0.258 e. The molecule has 2 aromatic rings. The Morgan fingerprint density at radius 3 is 2.33 bits per heavy atom. The van der Waals surface area contributed by atoms with Crippen LogP contribution in [0.5, 0.6) is 0 Å². The summed E-state index contributed by atoms with van der Waals surface area (Å²) in [5.41, 5.74) is 3.49. The monoisotopic (exact) mass is 384 g/mol. The van der Waals surface area contributed by atoms with Gasteiger partial charge in [0.15, 0.2) is 0 Å². The molecule has 0 saturated carbocycles. The highest BCUT2D eigenvalue weighted by atomic mass is 32.2. The molecule has 2 aromatic carbocycles. The molecule has 0 unspecified atom stereocenters. The van der Waals surface area contributed by atoms with Crippen molar-refractivity contribution in [1.82, 2.24) is 4.31 Å². The van der Waals surface area contributed by atoms with E-state index >= 15 is 0 Å². The minimum Gasteiger partial charge on any atom is -0.308 e. The van der Waals surface area contributed by atoms with Crippen LogP contribution in [0.1, 0.15) is 40.7 Å². The lowest BCUT2D eigenvalue weighted by Crippen LogP contribution is -2.35. The van der Waals surface area contributed by atoms with Gasteiger partial charge < -0.3 is 4.90 Å². The third-order valence-electron chi connectivity index (χ3n) is 5.36. The number of sulfonamides is 1. The standard InChI is InChI=1S/C21H24N2O3S/c24-21(23-15-5-7-18-6-1-2-8-20(18)23)19-11-9-17(10-12-19)16-27(25,26)22-13-3-4-14-22/h1-2,6,8-12H,3-5,7,13-16H2. The van der Waals surface area contributed by atoms with Crippen LogP contribution in [-0.2, 0) is 22.2 Å². The fourth-order valence-corrected chi connectivity index (χ4v) is 5.52. The number of aryl methyl sites for hydroxylation is 1. The predicted molar refractivity (Wildman–Crippen MR) is 106 cm³/mol. The average Bonchev–Trinajstić information content (AvgIpc) is 3.23. The number of benzene rings is 2. The van der Waals surface area contributed by atoms with E-state index in [1.54, 1.807) is 28.6 Å². The topological polar surface area (TPSA) is 57.7 Å². The first kappa shape index (κ1) is 18.2. The van der Waals surface area contributed by atoms with Gasteiger partial charge in [0, 0.05) is 30.9 Å². The number of rotatable bonds is 4. The quantitative estimate of drug-likeness (QED) is 0.813. The second-order valence-corrected chi connectivity index (χ2v) is 9.22. The van der Waals surface area contributed by atoms with E-state index in [0.29, 0.717) is 25.2 Å². The molecule has 0 N–H and O–H groups in total. The normalized spacial score (nSPS) is 17.7. The average molecular weight is 385 g/mol. The predicted octanol–water partition coefficient (Wildman–Crippen LogP) is 3.21. The first-order chi connectivity index (χ1) is 13.0. The second-order valence-electron chi connectivity index (χ2n) is 7.25. The van der Waals surface area contributed by atoms with Crippen molar-refractivity contribution in [2.24, 2.45) is 0 Å². The van der Waals surface area contributed by atoms with E-state index in [-0.39, 0.29) is 11.7 Å². The van der Waals surface area contributed by atoms with Crippen LogP contribution < -0.4 is 4.90 Å². The van der Waals surface area contributed by atoms with E-state index in [1.165, 1.54) is 5.56 Å². The van der Waals surface area contributed by atoms with Crippen LogP contribution in [0.4, 0.5) is 5.69 Å². The van der Waals surface area contributed by atoms with Crippen LogP contribution in [0.3, 0.4) is 0 Å². The van der Waals surface area contributed by atoms with Gasteiger partial charge in [0.2, 0.25) is 10.0 Å². The first-order valence-electron chi connectivity index (χ1n) is 9.51. The Balaban J connectivity index is 1.50. The summed E-state index contributed by atoms with van der Waals surface area (Å²) in [7, 11) is -3.27. The maximum atomic E-state index is 13.0. The van der Waals surface area contributed by atoms with Gasteiger partial charge in [-0.1, -0.05) is 30.3 Å². The van der Waals surface area contributed by atoms with E-state index in [1.807, 2.05) is 23.1 Å². The van der Waals surface area contributed by atoms with Crippen molar-refractivity contribution in [1.29, 1.82) is 0 Å². The lowest BCUT2D eigenvalue weighted by molar-refractivity contribution is 0.0985. The summed E-state index contributed by atoms with van der Waals surface area (Å²) in [6.45, 7) is 1.95. The number of hydrogen-bond acceptors (Lipinski definition) is 3. The van der Waals surface area contributed by atoms with Crippen molar-refractivity contribution in [3.63, 3.8) is 0 Å². The van der Waals surface area contributed by atoms with Crippen molar-refractivity contribution >= 4 is 21.6 Å². The van der Waals surface area contributed by atoms with Crippen LogP contribution >= 0.6 is 0 Å². The molecular weight excluding hydrogens is 360 g/mol. The molecule has 142 valence electrons. The van der Waals surface area contributed by atoms with Crippen LogP contribution in [-0.4, -0.2) is 38.3 Å². The van der Waals surface area contributed by atoms with E-state index in [0.717, 1.165) is 36.9 Å². The molecule has 6 heteroatoms. The second kappa shape index (κ2) is 7.44. The van der Waals surface area contributed by atoms with E-state index < -0.39 is 10.0 Å². The molecule has 2 aliphatic heterocycles. The Labute approximate surface area is 160 Å². The van der Waals surface area contributed by atoms with Gasteiger partial charge in [0.1, 0.15) is 0 Å². The molecule has 4 rings (SSSR count). The number of nitrogens with zero attached hydrogens (tertiary/aromatic N) is 2. The number of carbonyl (C=O) groups is 1. The molecule has 0 aromatic heterocycles. The van der Waals surface area contributed by atoms with Crippen molar-refractivity contribution in [2.75, 3.05) is 24.5 Å². The van der Waals surface area contributed by atoms with Gasteiger partial charge in [0.25, 0.3) is 5.91 Å². The molecule has 1 fully saturated rings. The summed E-state index contributed by atoms with van der Waals surface area (Å²) in [6, 6.07) is 15.0. The summed E-state index contributed by atoms with van der Waals surface area (Å²) in [4.78, 5) is 14.8. The Hall–Kier alpha value is -2.18. The highest BCUT2D eigenvalue weighted by Gasteiger charge is 2.26. The number of carbonyl (C=O) groups excluding carboxylic acids is 1. The molecular formula is C21H24N2O3S. The zero-order chi connectivity index (χ0) is 18.9. The molecule has 5 nitrogen and oxygen atoms in total. The molecule has 27 heavy (non-hydrogen) atoms. The first-order valence-corrected chi connectivity index (χ1v) is 11.1. The van der Waals surface area contributed by atoms with Gasteiger partial charge in [-0.25, -0.2) is 12.7 Å². The zero-order valence-electron chi connectivity index (χ0n) is 15.3. The summed E-state index contributed by atoms with van der Waals surface area (Å²) in [5, 5.41) is 0. The Morgan fingerprint density at radius 2 is 1.59 bits per heavy atom. The lowest BCUT2D eigenvalue weighted by atomic mass is 10.0. The van der Waals surface area contributed by atoms with Gasteiger partial charge >= 0.3 is 0 Å². The fourth-order valence-electron chi connectivity index (χ4n) is 3.91. The summed E-state index contributed by atoms with van der Waals surface area (Å²) < 4.78 is 26.5. The molecule has 0 bridgehead atoms. The summed E-state index contributed by atoms with van der Waals surface area (Å²) in [6.07, 6.45) is 3.82. The van der Waals surface area contributed by atoms with Crippen LogP contribution in [0.15, 0.2) is 48.5 Å². The van der Waals surface area contributed by atoms with Crippen molar-refractivity contribution in [3.05, 3.63) is 65.2 Å². The van der Waals surface area contributed by atoms with Crippen LogP contribution in [0.25, 0.3) is 0 Å². The summed E-state index contributed by atoms with van der Waals surface area (Å²) in [5.74, 6) is -0.0373. The van der Waals surface area contributed by atoms with E-state index in [9.17, 15) is 13.2 Å². The maximum Gasteiger partial charge on any atom is 0.258 e. The van der Waals surface area contributed by atoms with Gasteiger partial charge in [-0.05, 0) is 55.0 Å². The maximum absolute atomic E-state index is 13.0. The number of para-hydroxylation sites is 1. The molecule has 2 aliphatic rings. The van der Waals surface area contributed by atoms with E-state index in [2.05, 4.69) is 6.07 Å². The molecule has 2 heterocycles. The number of amides is 1. The van der Waals surface area contributed by atoms with Crippen molar-refractivity contribution in [3.8, 4) is 0 Å². The highest BCUT2D eigenvalue weighted by molar-refractivity contribution is 7.88. The fraction of sp³-hybridized carbons (Fsp3) is 0.381. The zero-order valence-corrected chi connectivity index (χ0v) is 16.1. The Morgan fingerprint density at radius 1 is 0.889 bits per heavy atom. The van der Waals surface area contributed by atoms with Gasteiger partial charge in [0.05, 0.1) is 5.75 Å². The third-order valence-corrected chi connectivity index (χ3v) is 7.21. The molecule has 0 radical (unpaired) electrons.